The number of nitrogens with zero attached hydrogens (tertiary/aromatic N) is 2. The fraction of sp³-hybridized carbons (Fsp3) is 0.600. The number of nitrogens with one attached hydrogen (secondary N) is 1. The van der Waals surface area contributed by atoms with Crippen molar-refractivity contribution >= 4 is 11.4 Å². The zero-order chi connectivity index (χ0) is 13.0. The van der Waals surface area contributed by atoms with Crippen molar-refractivity contribution in [2.75, 3.05) is 42.9 Å². The maximum atomic E-state index is 3.33. The van der Waals surface area contributed by atoms with E-state index in [1.165, 1.54) is 24.5 Å². The second kappa shape index (κ2) is 6.10. The van der Waals surface area contributed by atoms with Crippen LogP contribution in [0.4, 0.5) is 11.4 Å². The van der Waals surface area contributed by atoms with E-state index in [4.69, 9.17) is 0 Å². The SMILES string of the molecule is CCNc1ccc(N2CCN(C(C)C)CC2)cc1. The molecule has 0 atom stereocenters. The quantitative estimate of drug-likeness (QED) is 0.882. The summed E-state index contributed by atoms with van der Waals surface area (Å²) in [5.74, 6) is 0. The predicted octanol–water partition coefficient (Wildman–Crippen LogP) is 2.65. The Morgan fingerprint density at radius 3 is 2.17 bits per heavy atom. The topological polar surface area (TPSA) is 18.5 Å². The first-order valence-corrected chi connectivity index (χ1v) is 7.03. The van der Waals surface area contributed by atoms with Gasteiger partial charge in [-0.1, -0.05) is 0 Å². The lowest BCUT2D eigenvalue weighted by molar-refractivity contribution is 0.209. The van der Waals surface area contributed by atoms with E-state index in [2.05, 4.69) is 60.2 Å². The molecule has 0 unspecified atom stereocenters. The maximum absolute atomic E-state index is 3.33. The van der Waals surface area contributed by atoms with E-state index in [1.54, 1.807) is 0 Å². The Bertz CT molecular complexity index is 351. The fourth-order valence-corrected chi connectivity index (χ4v) is 2.49. The maximum Gasteiger partial charge on any atom is 0.0368 e. The number of benzene rings is 1. The minimum atomic E-state index is 0.670. The minimum absolute atomic E-state index is 0.670. The summed E-state index contributed by atoms with van der Waals surface area (Å²) in [6.07, 6.45) is 0. The Kier molecular flexibility index (Phi) is 4.48. The number of piperazine rings is 1. The number of anilines is 2. The standard InChI is InChI=1S/C15H25N3/c1-4-16-14-5-7-15(8-6-14)18-11-9-17(10-12-18)13(2)3/h5-8,13,16H,4,9-12H2,1-3H3. The van der Waals surface area contributed by atoms with Gasteiger partial charge in [0.25, 0.3) is 0 Å². The van der Waals surface area contributed by atoms with Crippen molar-refractivity contribution < 1.29 is 0 Å². The average molecular weight is 247 g/mol. The molecule has 2 rings (SSSR count). The van der Waals surface area contributed by atoms with Gasteiger partial charge in [0.15, 0.2) is 0 Å². The highest BCUT2D eigenvalue weighted by Gasteiger charge is 2.18. The van der Waals surface area contributed by atoms with Crippen molar-refractivity contribution in [2.45, 2.75) is 26.8 Å². The predicted molar refractivity (Wildman–Crippen MR) is 79.5 cm³/mol. The molecule has 0 bridgehead atoms. The van der Waals surface area contributed by atoms with Crippen LogP contribution in [-0.2, 0) is 0 Å². The second-order valence-electron chi connectivity index (χ2n) is 5.19. The first-order chi connectivity index (χ1) is 8.70. The van der Waals surface area contributed by atoms with Crippen molar-refractivity contribution in [3.8, 4) is 0 Å². The van der Waals surface area contributed by atoms with E-state index in [0.29, 0.717) is 6.04 Å². The van der Waals surface area contributed by atoms with Crippen LogP contribution in [0.25, 0.3) is 0 Å². The Morgan fingerprint density at radius 2 is 1.67 bits per heavy atom. The smallest absolute Gasteiger partial charge is 0.0368 e. The molecule has 0 aromatic heterocycles. The molecule has 1 N–H and O–H groups in total. The summed E-state index contributed by atoms with van der Waals surface area (Å²) >= 11 is 0. The third-order valence-electron chi connectivity index (χ3n) is 3.66. The summed E-state index contributed by atoms with van der Waals surface area (Å²) in [5, 5.41) is 3.33. The second-order valence-corrected chi connectivity index (χ2v) is 5.19. The molecule has 100 valence electrons. The van der Waals surface area contributed by atoms with Crippen molar-refractivity contribution in [3.05, 3.63) is 24.3 Å². The molecule has 1 fully saturated rings. The molecule has 1 aromatic rings. The third kappa shape index (κ3) is 3.16. The van der Waals surface area contributed by atoms with Crippen molar-refractivity contribution in [1.29, 1.82) is 0 Å². The molecule has 1 aromatic carbocycles. The van der Waals surface area contributed by atoms with Crippen molar-refractivity contribution in [2.24, 2.45) is 0 Å². The summed E-state index contributed by atoms with van der Waals surface area (Å²) < 4.78 is 0. The lowest BCUT2D eigenvalue weighted by atomic mass is 10.2. The Balaban J connectivity index is 1.93. The Labute approximate surface area is 111 Å². The Morgan fingerprint density at radius 1 is 1.06 bits per heavy atom. The van der Waals surface area contributed by atoms with Gasteiger partial charge >= 0.3 is 0 Å². The molecule has 18 heavy (non-hydrogen) atoms. The van der Waals surface area contributed by atoms with Gasteiger partial charge in [-0.3, -0.25) is 4.90 Å². The molecule has 3 nitrogen and oxygen atoms in total. The van der Waals surface area contributed by atoms with E-state index < -0.39 is 0 Å². The zero-order valence-electron chi connectivity index (χ0n) is 11.8. The highest BCUT2D eigenvalue weighted by Crippen LogP contribution is 2.19. The zero-order valence-corrected chi connectivity index (χ0v) is 11.8. The summed E-state index contributed by atoms with van der Waals surface area (Å²) in [6, 6.07) is 9.47. The van der Waals surface area contributed by atoms with Crippen LogP contribution in [-0.4, -0.2) is 43.7 Å². The molecule has 0 aliphatic carbocycles. The molecule has 3 heteroatoms. The van der Waals surface area contributed by atoms with Crippen LogP contribution in [0.3, 0.4) is 0 Å². The highest BCUT2D eigenvalue weighted by atomic mass is 15.3. The lowest BCUT2D eigenvalue weighted by Crippen LogP contribution is -2.48. The summed E-state index contributed by atoms with van der Waals surface area (Å²) in [5.41, 5.74) is 2.56. The monoisotopic (exact) mass is 247 g/mol. The van der Waals surface area contributed by atoms with E-state index in [1.807, 2.05) is 0 Å². The van der Waals surface area contributed by atoms with Crippen LogP contribution in [0.5, 0.6) is 0 Å². The van der Waals surface area contributed by atoms with E-state index in [0.717, 1.165) is 19.6 Å². The molecular weight excluding hydrogens is 222 g/mol. The Hall–Kier alpha value is -1.22. The molecule has 0 radical (unpaired) electrons. The number of rotatable bonds is 4. The van der Waals surface area contributed by atoms with Crippen molar-refractivity contribution in [3.63, 3.8) is 0 Å². The third-order valence-corrected chi connectivity index (χ3v) is 3.66. The van der Waals surface area contributed by atoms with Crippen molar-refractivity contribution in [1.82, 2.24) is 4.90 Å². The molecule has 1 saturated heterocycles. The van der Waals surface area contributed by atoms with E-state index in [9.17, 15) is 0 Å². The molecule has 0 spiro atoms. The molecule has 1 heterocycles. The molecule has 0 saturated carbocycles. The van der Waals surface area contributed by atoms with Crippen LogP contribution >= 0.6 is 0 Å². The highest BCUT2D eigenvalue weighted by molar-refractivity contribution is 5.55. The first-order valence-electron chi connectivity index (χ1n) is 7.03. The largest absolute Gasteiger partial charge is 0.385 e. The van der Waals surface area contributed by atoms with Gasteiger partial charge in [-0.25, -0.2) is 0 Å². The molecule has 1 aliphatic rings. The van der Waals surface area contributed by atoms with Crippen LogP contribution in [0, 0.1) is 0 Å². The van der Waals surface area contributed by atoms with Crippen LogP contribution in [0.2, 0.25) is 0 Å². The molecule has 0 amide bonds. The van der Waals surface area contributed by atoms with Gasteiger partial charge in [0.1, 0.15) is 0 Å². The first kappa shape index (κ1) is 13.2. The van der Waals surface area contributed by atoms with E-state index in [-0.39, 0.29) is 0 Å². The average Bonchev–Trinajstić information content (AvgIpc) is 2.40. The summed E-state index contributed by atoms with van der Waals surface area (Å²) in [7, 11) is 0. The van der Waals surface area contributed by atoms with Crippen LogP contribution in [0.15, 0.2) is 24.3 Å². The van der Waals surface area contributed by atoms with Gasteiger partial charge in [-0.2, -0.15) is 0 Å². The van der Waals surface area contributed by atoms with Crippen LogP contribution < -0.4 is 10.2 Å². The number of hydrogen-bond donors (Lipinski definition) is 1. The van der Waals surface area contributed by atoms with E-state index >= 15 is 0 Å². The van der Waals surface area contributed by atoms with Gasteiger partial charge in [0.05, 0.1) is 0 Å². The van der Waals surface area contributed by atoms with Gasteiger partial charge in [-0.15, -0.1) is 0 Å². The normalized spacial score (nSPS) is 17.2. The molecule has 1 aliphatic heterocycles. The van der Waals surface area contributed by atoms with Gasteiger partial charge in [0, 0.05) is 50.1 Å². The van der Waals surface area contributed by atoms with Gasteiger partial charge in [0.2, 0.25) is 0 Å². The summed E-state index contributed by atoms with van der Waals surface area (Å²) in [4.78, 5) is 5.03. The van der Waals surface area contributed by atoms with Gasteiger partial charge < -0.3 is 10.2 Å². The summed E-state index contributed by atoms with van der Waals surface area (Å²) in [6.45, 7) is 12.3. The van der Waals surface area contributed by atoms with Crippen LogP contribution in [0.1, 0.15) is 20.8 Å². The lowest BCUT2D eigenvalue weighted by Gasteiger charge is -2.38. The minimum Gasteiger partial charge on any atom is -0.385 e. The number of hydrogen-bond acceptors (Lipinski definition) is 3. The fourth-order valence-electron chi connectivity index (χ4n) is 2.49. The van der Waals surface area contributed by atoms with Gasteiger partial charge in [-0.05, 0) is 45.0 Å². The molecular formula is C15H25N3.